The number of nitrogens with zero attached hydrogens (tertiary/aromatic N) is 3. The predicted molar refractivity (Wildman–Crippen MR) is 117 cm³/mol. The zero-order valence-corrected chi connectivity index (χ0v) is 18.5. The van der Waals surface area contributed by atoms with Gasteiger partial charge in [-0.3, -0.25) is 9.59 Å². The fraction of sp³-hybridized carbons (Fsp3) is 0.400. The van der Waals surface area contributed by atoms with Gasteiger partial charge in [-0.1, -0.05) is 17.8 Å². The quantitative estimate of drug-likeness (QED) is 0.375. The highest BCUT2D eigenvalue weighted by Crippen LogP contribution is 2.32. The van der Waals surface area contributed by atoms with Crippen LogP contribution in [0.4, 0.5) is 5.69 Å². The van der Waals surface area contributed by atoms with E-state index < -0.39 is 15.1 Å². The summed E-state index contributed by atoms with van der Waals surface area (Å²) in [5, 5.41) is 11.3. The van der Waals surface area contributed by atoms with Crippen molar-refractivity contribution in [3.63, 3.8) is 0 Å². The first-order valence-corrected chi connectivity index (χ1v) is 12.2. The molecule has 30 heavy (non-hydrogen) atoms. The number of anilines is 1. The Bertz CT molecular complexity index is 1060. The summed E-state index contributed by atoms with van der Waals surface area (Å²) in [4.78, 5) is 24.0. The minimum absolute atomic E-state index is 0.0715. The lowest BCUT2D eigenvalue weighted by Gasteiger charge is -2.14. The van der Waals surface area contributed by atoms with Gasteiger partial charge in [-0.05, 0) is 37.6 Å². The first kappa shape index (κ1) is 22.2. The first-order chi connectivity index (χ1) is 14.2. The molecule has 1 amide bonds. The number of thioether (sulfide) groups is 1. The molecule has 0 radical (unpaired) electrons. The maximum atomic E-state index is 12.8. The standard InChI is InChI=1S/C20H24N4O4S2/c1-4-10-24-19(16-9-11-30(27,28)12-16)22-23-20(24)29-13(2)18(26)15-5-7-17(8-6-15)21-14(3)25/h4-8,13,16H,1,9-12H2,2-3H3,(H,21,25)/t13-,16+/m1/s1. The topological polar surface area (TPSA) is 111 Å². The first-order valence-electron chi connectivity index (χ1n) is 9.53. The van der Waals surface area contributed by atoms with Gasteiger partial charge in [0.1, 0.15) is 5.82 Å². The third-order valence-electron chi connectivity index (χ3n) is 4.80. The second kappa shape index (κ2) is 9.13. The largest absolute Gasteiger partial charge is 0.326 e. The maximum Gasteiger partial charge on any atom is 0.221 e. The van der Waals surface area contributed by atoms with Gasteiger partial charge in [0.25, 0.3) is 0 Å². The van der Waals surface area contributed by atoms with Gasteiger partial charge in [-0.25, -0.2) is 8.42 Å². The molecule has 3 rings (SSSR count). The van der Waals surface area contributed by atoms with E-state index in [2.05, 4.69) is 22.1 Å². The molecule has 1 aromatic carbocycles. The van der Waals surface area contributed by atoms with Crippen LogP contribution < -0.4 is 5.32 Å². The molecule has 1 aliphatic rings. The summed E-state index contributed by atoms with van der Waals surface area (Å²) in [6.07, 6.45) is 2.23. The van der Waals surface area contributed by atoms with Crippen LogP contribution in [-0.4, -0.2) is 51.6 Å². The lowest BCUT2D eigenvalue weighted by molar-refractivity contribution is -0.114. The summed E-state index contributed by atoms with van der Waals surface area (Å²) in [5.41, 5.74) is 1.15. The van der Waals surface area contributed by atoms with Crippen molar-refractivity contribution in [2.24, 2.45) is 0 Å². The number of hydrogen-bond donors (Lipinski definition) is 1. The number of carbonyl (C=O) groups is 2. The van der Waals surface area contributed by atoms with Crippen LogP contribution in [0.5, 0.6) is 0 Å². The van der Waals surface area contributed by atoms with E-state index in [1.807, 2.05) is 4.57 Å². The molecule has 2 aromatic rings. The van der Waals surface area contributed by atoms with Crippen LogP contribution >= 0.6 is 11.8 Å². The maximum absolute atomic E-state index is 12.8. The second-order valence-electron chi connectivity index (χ2n) is 7.22. The smallest absolute Gasteiger partial charge is 0.221 e. The van der Waals surface area contributed by atoms with Crippen LogP contribution in [0.1, 0.15) is 42.4 Å². The molecule has 1 aromatic heterocycles. The lowest BCUT2D eigenvalue weighted by atomic mass is 10.1. The lowest BCUT2D eigenvalue weighted by Crippen LogP contribution is -2.16. The van der Waals surface area contributed by atoms with Crippen molar-refractivity contribution < 1.29 is 18.0 Å². The number of carbonyl (C=O) groups excluding carboxylic acids is 2. The third-order valence-corrected chi connectivity index (χ3v) is 7.64. The van der Waals surface area contributed by atoms with E-state index in [1.54, 1.807) is 37.3 Å². The van der Waals surface area contributed by atoms with Gasteiger partial charge < -0.3 is 9.88 Å². The van der Waals surface area contributed by atoms with E-state index in [9.17, 15) is 18.0 Å². The van der Waals surface area contributed by atoms with E-state index in [0.717, 1.165) is 0 Å². The minimum Gasteiger partial charge on any atom is -0.326 e. The Balaban J connectivity index is 1.75. The average molecular weight is 449 g/mol. The summed E-state index contributed by atoms with van der Waals surface area (Å²) in [6.45, 7) is 7.42. The minimum atomic E-state index is -3.04. The monoisotopic (exact) mass is 448 g/mol. The average Bonchev–Trinajstić information content (AvgIpc) is 3.24. The number of aromatic nitrogens is 3. The summed E-state index contributed by atoms with van der Waals surface area (Å²) >= 11 is 1.28. The van der Waals surface area contributed by atoms with Gasteiger partial charge in [0, 0.05) is 30.6 Å². The molecule has 0 unspecified atom stereocenters. The van der Waals surface area contributed by atoms with Gasteiger partial charge in [-0.15, -0.1) is 16.8 Å². The van der Waals surface area contributed by atoms with Gasteiger partial charge >= 0.3 is 0 Å². The molecule has 0 aliphatic carbocycles. The Hall–Kier alpha value is -2.46. The zero-order valence-electron chi connectivity index (χ0n) is 16.9. The summed E-state index contributed by atoms with van der Waals surface area (Å²) in [5.74, 6) is 0.409. The van der Waals surface area contributed by atoms with E-state index in [0.29, 0.717) is 35.2 Å². The highest BCUT2D eigenvalue weighted by Gasteiger charge is 2.33. The molecule has 1 saturated heterocycles. The summed E-state index contributed by atoms with van der Waals surface area (Å²) in [6, 6.07) is 6.72. The van der Waals surface area contributed by atoms with E-state index in [-0.39, 0.29) is 29.1 Å². The summed E-state index contributed by atoms with van der Waals surface area (Å²) < 4.78 is 25.5. The Kier molecular flexibility index (Phi) is 6.77. The fourth-order valence-electron chi connectivity index (χ4n) is 3.36. The normalized spacial score (nSPS) is 18.7. The highest BCUT2D eigenvalue weighted by molar-refractivity contribution is 8.00. The van der Waals surface area contributed by atoms with Crippen LogP contribution in [0.15, 0.2) is 42.1 Å². The van der Waals surface area contributed by atoms with Crippen LogP contribution in [-0.2, 0) is 21.2 Å². The Morgan fingerprint density at radius 1 is 1.33 bits per heavy atom. The van der Waals surface area contributed by atoms with Crippen molar-refractivity contribution in [1.82, 2.24) is 14.8 Å². The van der Waals surface area contributed by atoms with Gasteiger partial charge in [0.15, 0.2) is 20.8 Å². The number of sulfone groups is 1. The highest BCUT2D eigenvalue weighted by atomic mass is 32.2. The molecule has 0 spiro atoms. The molecule has 1 N–H and O–H groups in total. The SMILES string of the molecule is C=CCn1c(S[C@H](C)C(=O)c2ccc(NC(C)=O)cc2)nnc1[C@H]1CCS(=O)(=O)C1. The van der Waals surface area contributed by atoms with Crippen molar-refractivity contribution >= 4 is 39.0 Å². The number of ketones is 1. The Morgan fingerprint density at radius 2 is 2.03 bits per heavy atom. The zero-order chi connectivity index (χ0) is 21.9. The van der Waals surface area contributed by atoms with E-state index in [1.165, 1.54) is 18.7 Å². The molecule has 2 atom stereocenters. The number of allylic oxidation sites excluding steroid dienone is 1. The van der Waals surface area contributed by atoms with E-state index >= 15 is 0 Å². The van der Waals surface area contributed by atoms with Gasteiger partial charge in [0.2, 0.25) is 5.91 Å². The molecular weight excluding hydrogens is 424 g/mol. The summed E-state index contributed by atoms with van der Waals surface area (Å²) in [7, 11) is -3.04. The molecule has 2 heterocycles. The van der Waals surface area contributed by atoms with Crippen molar-refractivity contribution in [3.8, 4) is 0 Å². The Labute approximate surface area is 180 Å². The number of nitrogens with one attached hydrogen (secondary N) is 1. The van der Waals surface area contributed by atoms with Crippen LogP contribution in [0.3, 0.4) is 0 Å². The molecule has 1 fully saturated rings. The molecule has 0 saturated carbocycles. The number of rotatable bonds is 8. The van der Waals surface area contributed by atoms with Crippen molar-refractivity contribution in [1.29, 1.82) is 0 Å². The van der Waals surface area contributed by atoms with Crippen molar-refractivity contribution in [2.75, 3.05) is 16.8 Å². The predicted octanol–water partition coefficient (Wildman–Crippen LogP) is 2.69. The number of Topliss-reactive ketones (excluding diaryl/α,β-unsaturated/α-hetero) is 1. The molecule has 1 aliphatic heterocycles. The Morgan fingerprint density at radius 3 is 2.60 bits per heavy atom. The molecule has 0 bridgehead atoms. The van der Waals surface area contributed by atoms with Gasteiger partial charge in [0.05, 0.1) is 16.8 Å². The number of amides is 1. The van der Waals surface area contributed by atoms with Crippen LogP contribution in [0, 0.1) is 0 Å². The van der Waals surface area contributed by atoms with Crippen molar-refractivity contribution in [2.45, 2.75) is 43.1 Å². The molecular formula is C20H24N4O4S2. The number of benzene rings is 1. The van der Waals surface area contributed by atoms with Gasteiger partial charge in [-0.2, -0.15) is 0 Å². The van der Waals surface area contributed by atoms with Crippen LogP contribution in [0.25, 0.3) is 0 Å². The van der Waals surface area contributed by atoms with E-state index in [4.69, 9.17) is 0 Å². The molecule has 8 nitrogen and oxygen atoms in total. The van der Waals surface area contributed by atoms with Crippen molar-refractivity contribution in [3.05, 3.63) is 48.3 Å². The fourth-order valence-corrected chi connectivity index (χ4v) is 6.04. The van der Waals surface area contributed by atoms with Crippen LogP contribution in [0.2, 0.25) is 0 Å². The third kappa shape index (κ3) is 5.17. The second-order valence-corrected chi connectivity index (χ2v) is 10.8. The number of hydrogen-bond acceptors (Lipinski definition) is 7. The molecule has 160 valence electrons. The molecule has 10 heteroatoms.